The molecule has 23 heteroatoms. The van der Waals surface area contributed by atoms with Gasteiger partial charge in [-0.2, -0.15) is 0 Å². The van der Waals surface area contributed by atoms with Gasteiger partial charge in [0.15, 0.2) is 5.82 Å². The van der Waals surface area contributed by atoms with Crippen molar-refractivity contribution in [3.63, 3.8) is 0 Å². The van der Waals surface area contributed by atoms with Crippen LogP contribution in [0.5, 0.6) is 0 Å². The fraction of sp³-hybridized carbons (Fsp3) is 0.250. The Hall–Kier alpha value is -4.77. The fourth-order valence-electron chi connectivity index (χ4n) is 3.73. The number of nitrogens with one attached hydrogen (secondary N) is 1. The highest BCUT2D eigenvalue weighted by Gasteiger charge is 2.20. The molecule has 6 heterocycles. The number of rotatable bonds is 4. The van der Waals surface area contributed by atoms with Gasteiger partial charge in [0.1, 0.15) is 29.2 Å². The number of aliphatic hydroxyl groups excluding tert-OH is 1. The molecular weight excluding hydrogens is 1060 g/mol. The summed E-state index contributed by atoms with van der Waals surface area (Å²) in [7, 11) is 1.00. The van der Waals surface area contributed by atoms with E-state index in [1.54, 1.807) is 55.7 Å². The average Bonchev–Trinajstić information content (AvgIpc) is 3.86. The summed E-state index contributed by atoms with van der Waals surface area (Å²) in [6.07, 6.45) is 14.5. The Labute approximate surface area is 358 Å². The number of nitro groups is 2. The van der Waals surface area contributed by atoms with Crippen molar-refractivity contribution in [1.82, 2.24) is 44.0 Å². The largest absolute Gasteiger partial charge is 0.400 e. The summed E-state index contributed by atoms with van der Waals surface area (Å²) < 4.78 is 3.64. The van der Waals surface area contributed by atoms with Crippen LogP contribution in [-0.2, 0) is 0 Å². The predicted octanol–water partition coefficient (Wildman–Crippen LogP) is 6.61. The molecule has 0 aliphatic heterocycles. The van der Waals surface area contributed by atoms with Crippen LogP contribution in [0.15, 0.2) is 74.4 Å². The molecule has 0 radical (unpaired) electrons. The zero-order valence-corrected chi connectivity index (χ0v) is 36.4. The SMILES string of the molecule is C.CC(I)(I)I.CO.Cc1cn(-c2nccc(N)c2N)cn1.Cc1cn(-c2nccc(N)c2[N+](=O)[O-])cn1.Cc1cnc[nH]1.Cc1nccc(N)c1[N+](=O)[O-]. The number of hydrogen-bond donors (Lipinski definition) is 6. The number of aryl methyl sites for hydroxylation is 4. The fourth-order valence-corrected chi connectivity index (χ4v) is 3.73. The molecule has 6 aromatic heterocycles. The van der Waals surface area contributed by atoms with Crippen LogP contribution >= 0.6 is 67.8 Å². The Morgan fingerprint density at radius 2 is 1.15 bits per heavy atom. The van der Waals surface area contributed by atoms with Crippen molar-refractivity contribution in [2.75, 3.05) is 30.0 Å². The third-order valence-electron chi connectivity index (χ3n) is 5.99. The second kappa shape index (κ2) is 24.6. The molecule has 0 fully saturated rings. The summed E-state index contributed by atoms with van der Waals surface area (Å²) in [6, 6.07) is 4.47. The third kappa shape index (κ3) is 17.9. The van der Waals surface area contributed by atoms with Gasteiger partial charge in [-0.1, -0.05) is 75.2 Å². The summed E-state index contributed by atoms with van der Waals surface area (Å²) in [6.45, 7) is 9.35. The zero-order chi connectivity index (χ0) is 41.2. The van der Waals surface area contributed by atoms with Crippen molar-refractivity contribution in [3.05, 3.63) is 117 Å². The molecular formula is C32H44I3N15O5. The van der Waals surface area contributed by atoms with Crippen molar-refractivity contribution < 1.29 is 15.0 Å². The van der Waals surface area contributed by atoms with E-state index in [-0.39, 0.29) is 36.0 Å². The van der Waals surface area contributed by atoms with Crippen LogP contribution in [0.3, 0.4) is 0 Å². The summed E-state index contributed by atoms with van der Waals surface area (Å²) in [5, 5.41) is 28.2. The number of H-pyrrole nitrogens is 1. The predicted molar refractivity (Wildman–Crippen MR) is 241 cm³/mol. The molecule has 6 aromatic rings. The van der Waals surface area contributed by atoms with Gasteiger partial charge in [-0.3, -0.25) is 34.3 Å². The minimum Gasteiger partial charge on any atom is -0.400 e. The molecule has 0 atom stereocenters. The number of aromatic nitrogens is 9. The Bertz CT molecular complexity index is 2040. The number of nitrogens with zero attached hydrogens (tertiary/aromatic N) is 10. The lowest BCUT2D eigenvalue weighted by atomic mass is 10.3. The van der Waals surface area contributed by atoms with Crippen molar-refractivity contribution in [2.24, 2.45) is 0 Å². The Morgan fingerprint density at radius 3 is 1.49 bits per heavy atom. The van der Waals surface area contributed by atoms with Crippen LogP contribution in [0.1, 0.15) is 37.1 Å². The van der Waals surface area contributed by atoms with Gasteiger partial charge in [-0.15, -0.1) is 0 Å². The molecule has 55 heavy (non-hydrogen) atoms. The highest BCUT2D eigenvalue weighted by molar-refractivity contribution is 14.3. The van der Waals surface area contributed by atoms with Crippen molar-refractivity contribution in [2.45, 2.75) is 41.5 Å². The molecule has 0 saturated carbocycles. The van der Waals surface area contributed by atoms with Gasteiger partial charge in [0.05, 0.1) is 38.9 Å². The summed E-state index contributed by atoms with van der Waals surface area (Å²) in [5.74, 6) is 0.788. The molecule has 0 bridgehead atoms. The normalized spacial score (nSPS) is 9.71. The number of imidazole rings is 3. The first-order chi connectivity index (χ1) is 25.3. The molecule has 0 saturated heterocycles. The van der Waals surface area contributed by atoms with E-state index in [1.807, 2.05) is 20.0 Å². The Morgan fingerprint density at radius 1 is 0.727 bits per heavy atom. The number of hydrogen-bond acceptors (Lipinski definition) is 15. The molecule has 10 N–H and O–H groups in total. The lowest BCUT2D eigenvalue weighted by Gasteiger charge is -2.06. The molecule has 0 aliphatic rings. The maximum atomic E-state index is 10.9. The first-order valence-electron chi connectivity index (χ1n) is 15.0. The summed E-state index contributed by atoms with van der Waals surface area (Å²) in [5.41, 5.74) is 26.4. The average molecular weight is 1100 g/mol. The zero-order valence-electron chi connectivity index (χ0n) is 29.9. The molecule has 20 nitrogen and oxygen atoms in total. The lowest BCUT2D eigenvalue weighted by molar-refractivity contribution is -0.384. The van der Waals surface area contributed by atoms with E-state index in [4.69, 9.17) is 28.0 Å². The highest BCUT2D eigenvalue weighted by atomic mass is 127. The van der Waals surface area contributed by atoms with E-state index in [2.05, 4.69) is 110 Å². The minimum absolute atomic E-state index is 0. The molecule has 0 spiro atoms. The van der Waals surface area contributed by atoms with E-state index in [9.17, 15) is 20.2 Å². The number of pyridine rings is 3. The lowest BCUT2D eigenvalue weighted by Crippen LogP contribution is -2.04. The van der Waals surface area contributed by atoms with E-state index in [0.717, 1.165) is 24.2 Å². The third-order valence-corrected chi connectivity index (χ3v) is 5.99. The minimum atomic E-state index is -0.549. The van der Waals surface area contributed by atoms with E-state index in [0.29, 0.717) is 22.3 Å². The van der Waals surface area contributed by atoms with Crippen LogP contribution in [0.2, 0.25) is 0 Å². The van der Waals surface area contributed by atoms with Gasteiger partial charge in [-0.25, -0.2) is 24.9 Å². The van der Waals surface area contributed by atoms with Gasteiger partial charge in [0, 0.05) is 50.0 Å². The van der Waals surface area contributed by atoms with Gasteiger partial charge >= 0.3 is 11.4 Å². The monoisotopic (exact) mass is 1100 g/mol. The number of aliphatic hydroxyl groups is 1. The number of anilines is 4. The van der Waals surface area contributed by atoms with Crippen molar-refractivity contribution in [1.29, 1.82) is 0 Å². The Balaban J connectivity index is 0.000000687. The van der Waals surface area contributed by atoms with E-state index in [1.165, 1.54) is 35.4 Å². The van der Waals surface area contributed by atoms with E-state index < -0.39 is 9.85 Å². The maximum Gasteiger partial charge on any atom is 0.334 e. The van der Waals surface area contributed by atoms with Gasteiger partial charge in [0.25, 0.3) is 0 Å². The van der Waals surface area contributed by atoms with Crippen LogP contribution in [-0.4, -0.2) is 65.5 Å². The second-order valence-electron chi connectivity index (χ2n) is 10.4. The number of alkyl halides is 3. The first kappa shape index (κ1) is 50.2. The Kier molecular flexibility index (Phi) is 22.5. The van der Waals surface area contributed by atoms with E-state index >= 15 is 0 Å². The summed E-state index contributed by atoms with van der Waals surface area (Å²) in [4.78, 5) is 46.7. The van der Waals surface area contributed by atoms with Crippen LogP contribution < -0.4 is 22.9 Å². The van der Waals surface area contributed by atoms with Crippen LogP contribution in [0.25, 0.3) is 11.6 Å². The van der Waals surface area contributed by atoms with Crippen LogP contribution in [0.4, 0.5) is 34.1 Å². The summed E-state index contributed by atoms with van der Waals surface area (Å²) >= 11 is 7.05. The molecule has 0 aliphatic carbocycles. The van der Waals surface area contributed by atoms with Gasteiger partial charge < -0.3 is 33.0 Å². The number of aromatic amines is 1. The number of halogens is 3. The molecule has 0 aromatic carbocycles. The van der Waals surface area contributed by atoms with Crippen molar-refractivity contribution in [3.8, 4) is 11.6 Å². The molecule has 0 amide bonds. The molecule has 6 rings (SSSR count). The molecule has 298 valence electrons. The first-order valence-corrected chi connectivity index (χ1v) is 18.3. The molecule has 0 unspecified atom stereocenters. The second-order valence-corrected chi connectivity index (χ2v) is 23.1. The highest BCUT2D eigenvalue weighted by Crippen LogP contribution is 2.33. The smallest absolute Gasteiger partial charge is 0.334 e. The topological polar surface area (TPSA) is 314 Å². The van der Waals surface area contributed by atoms with Crippen LogP contribution in [0, 0.1) is 47.9 Å². The standard InChI is InChI=1S/C9H9N5O2.C9H11N5.C6H7N3O2.C4H6N2.C2H3I3.CH4O.CH4/c1-6-4-13(5-12-6)9-8(14(15)16)7(10)2-3-11-9;1-6-4-14(5-13-6)9-8(11)7(10)2-3-12-9;1-4-6(9(10)11)5(7)2-3-8-4;1-4-2-5-3-6-4;1-2(3,4)5;1-2;/h2-5H,1H3,(H2,10,11);2-5H,11H2,1H3,(H2,10,12);2-3H,1H3,(H2,7,8);2-3H,1H3,(H,5,6);1H3;2H,1H3;1H4. The number of nitrogens with two attached hydrogens (primary N) is 4. The maximum absolute atomic E-state index is 10.9. The number of nitrogen functional groups attached to an aromatic ring is 4. The van der Waals surface area contributed by atoms with Crippen molar-refractivity contribution >= 4 is 102 Å². The quantitative estimate of drug-likeness (QED) is 0.0468. The van der Waals surface area contributed by atoms with Gasteiger partial charge in [0.2, 0.25) is 5.82 Å². The van der Waals surface area contributed by atoms with Gasteiger partial charge in [-0.05, 0) is 52.8 Å².